The molecule has 0 aliphatic carbocycles. The van der Waals surface area contributed by atoms with Crippen LogP contribution < -0.4 is 10.1 Å². The predicted molar refractivity (Wildman–Crippen MR) is 109 cm³/mol. The Morgan fingerprint density at radius 1 is 0.964 bits per heavy atom. The maximum absolute atomic E-state index is 12.0. The Hall–Kier alpha value is -2.93. The fraction of sp³-hybridized carbons (Fsp3) is 0.238. The number of anilines is 1. The summed E-state index contributed by atoms with van der Waals surface area (Å²) in [7, 11) is -3.31. The Balaban J connectivity index is 2.00. The van der Waals surface area contributed by atoms with Crippen LogP contribution in [0.2, 0.25) is 0 Å². The first kappa shape index (κ1) is 19.8. The van der Waals surface area contributed by atoms with E-state index in [9.17, 15) is 8.42 Å². The molecule has 0 aliphatic rings. The molecule has 28 heavy (non-hydrogen) atoms. The van der Waals surface area contributed by atoms with Gasteiger partial charge < -0.3 is 10.1 Å². The molecule has 1 N–H and O–H groups in total. The number of sulfone groups is 1. The molecule has 0 bridgehead atoms. The Labute approximate surface area is 165 Å². The summed E-state index contributed by atoms with van der Waals surface area (Å²) in [4.78, 5) is 8.92. The maximum atomic E-state index is 12.0. The van der Waals surface area contributed by atoms with Gasteiger partial charge in [0.25, 0.3) is 0 Å². The Morgan fingerprint density at radius 2 is 1.68 bits per heavy atom. The second kappa shape index (κ2) is 8.39. The monoisotopic (exact) mass is 397 g/mol. The van der Waals surface area contributed by atoms with E-state index in [1.54, 1.807) is 30.6 Å². The molecule has 1 atom stereocenters. The summed E-state index contributed by atoms with van der Waals surface area (Å²) in [6.45, 7) is 3.84. The van der Waals surface area contributed by atoms with Crippen LogP contribution in [0.4, 0.5) is 5.82 Å². The van der Waals surface area contributed by atoms with Crippen molar-refractivity contribution in [3.8, 4) is 5.88 Å². The summed E-state index contributed by atoms with van der Waals surface area (Å²) < 4.78 is 29.6. The fourth-order valence-corrected chi connectivity index (χ4v) is 3.47. The van der Waals surface area contributed by atoms with Crippen LogP contribution in [0.3, 0.4) is 0 Å². The predicted octanol–water partition coefficient (Wildman–Crippen LogP) is 3.87. The number of rotatable bonds is 7. The van der Waals surface area contributed by atoms with Crippen molar-refractivity contribution in [3.63, 3.8) is 0 Å². The fourth-order valence-electron chi connectivity index (χ4n) is 2.79. The van der Waals surface area contributed by atoms with Crippen LogP contribution in [-0.2, 0) is 9.84 Å². The highest BCUT2D eigenvalue weighted by atomic mass is 32.2. The van der Waals surface area contributed by atoms with Gasteiger partial charge in [-0.2, -0.15) is 4.98 Å². The molecule has 3 rings (SSSR count). The first-order valence-electron chi connectivity index (χ1n) is 8.93. The lowest BCUT2D eigenvalue weighted by Gasteiger charge is -2.21. The highest BCUT2D eigenvalue weighted by Gasteiger charge is 2.17. The van der Waals surface area contributed by atoms with E-state index in [2.05, 4.69) is 15.3 Å². The van der Waals surface area contributed by atoms with Gasteiger partial charge in [0.05, 0.1) is 29.4 Å². The number of benzene rings is 2. The molecule has 146 valence electrons. The van der Waals surface area contributed by atoms with E-state index in [-0.39, 0.29) is 17.0 Å². The van der Waals surface area contributed by atoms with Gasteiger partial charge in [0.1, 0.15) is 5.82 Å². The van der Waals surface area contributed by atoms with Crippen LogP contribution in [0.25, 0.3) is 0 Å². The summed E-state index contributed by atoms with van der Waals surface area (Å²) in [5, 5.41) is 3.36. The standard InChI is InChI=1S/C21H23N3O3S/c1-15(2)27-20-14-22-13-19(23-20)24-21(16-8-5-4-6-9-16)17-10-7-11-18(12-17)28(3,25)26/h4-15,21H,1-3H3,(H,23,24). The van der Waals surface area contributed by atoms with Gasteiger partial charge in [-0.3, -0.25) is 4.98 Å². The second-order valence-electron chi connectivity index (χ2n) is 6.74. The SMILES string of the molecule is CC(C)Oc1cncc(NC(c2ccccc2)c2cccc(S(C)(=O)=O)c2)n1. The molecule has 0 saturated heterocycles. The number of nitrogens with one attached hydrogen (secondary N) is 1. The molecule has 0 saturated carbocycles. The summed E-state index contributed by atoms with van der Waals surface area (Å²) in [5.74, 6) is 0.966. The molecule has 0 aliphatic heterocycles. The van der Waals surface area contributed by atoms with Gasteiger partial charge in [0, 0.05) is 6.26 Å². The average Bonchev–Trinajstić information content (AvgIpc) is 2.66. The third-order valence-corrected chi connectivity index (χ3v) is 5.12. The molecule has 1 aromatic heterocycles. The van der Waals surface area contributed by atoms with E-state index in [1.165, 1.54) is 6.26 Å². The zero-order valence-corrected chi connectivity index (χ0v) is 16.8. The van der Waals surface area contributed by atoms with Gasteiger partial charge in [-0.25, -0.2) is 8.42 Å². The molecule has 0 radical (unpaired) electrons. The van der Waals surface area contributed by atoms with Crippen molar-refractivity contribution in [1.82, 2.24) is 9.97 Å². The van der Waals surface area contributed by atoms with Crippen LogP contribution >= 0.6 is 0 Å². The quantitative estimate of drug-likeness (QED) is 0.652. The third-order valence-electron chi connectivity index (χ3n) is 4.01. The normalized spacial score (nSPS) is 12.6. The van der Waals surface area contributed by atoms with Crippen LogP contribution in [0, 0.1) is 0 Å². The van der Waals surface area contributed by atoms with Crippen LogP contribution in [0.1, 0.15) is 31.0 Å². The van der Waals surface area contributed by atoms with Crippen molar-refractivity contribution >= 4 is 15.7 Å². The molecular weight excluding hydrogens is 374 g/mol. The number of hydrogen-bond acceptors (Lipinski definition) is 6. The molecular formula is C21H23N3O3S. The first-order chi connectivity index (χ1) is 13.3. The lowest BCUT2D eigenvalue weighted by molar-refractivity contribution is 0.232. The van der Waals surface area contributed by atoms with Crippen molar-refractivity contribution in [2.24, 2.45) is 0 Å². The number of hydrogen-bond donors (Lipinski definition) is 1. The summed E-state index contributed by atoms with van der Waals surface area (Å²) in [5.41, 5.74) is 1.79. The zero-order valence-electron chi connectivity index (χ0n) is 16.0. The maximum Gasteiger partial charge on any atom is 0.234 e. The molecule has 0 fully saturated rings. The van der Waals surface area contributed by atoms with Crippen LogP contribution in [0.5, 0.6) is 5.88 Å². The minimum absolute atomic E-state index is 0.0130. The molecule has 1 unspecified atom stereocenters. The van der Waals surface area contributed by atoms with Crippen molar-refractivity contribution in [2.75, 3.05) is 11.6 Å². The van der Waals surface area contributed by atoms with Gasteiger partial charge >= 0.3 is 0 Å². The molecule has 0 amide bonds. The van der Waals surface area contributed by atoms with Crippen molar-refractivity contribution < 1.29 is 13.2 Å². The van der Waals surface area contributed by atoms with Gasteiger partial charge in [-0.05, 0) is 37.1 Å². The van der Waals surface area contributed by atoms with E-state index >= 15 is 0 Å². The smallest absolute Gasteiger partial charge is 0.234 e. The first-order valence-corrected chi connectivity index (χ1v) is 10.8. The molecule has 1 heterocycles. The lowest BCUT2D eigenvalue weighted by Crippen LogP contribution is -2.15. The number of nitrogens with zero attached hydrogens (tertiary/aromatic N) is 2. The molecule has 0 spiro atoms. The highest BCUT2D eigenvalue weighted by Crippen LogP contribution is 2.28. The summed E-state index contributed by atoms with van der Waals surface area (Å²) >= 11 is 0. The average molecular weight is 398 g/mol. The summed E-state index contributed by atoms with van der Waals surface area (Å²) in [6, 6.07) is 16.4. The van der Waals surface area contributed by atoms with Gasteiger partial charge in [-0.1, -0.05) is 42.5 Å². The topological polar surface area (TPSA) is 81.2 Å². The van der Waals surface area contributed by atoms with E-state index < -0.39 is 9.84 Å². The Bertz CT molecular complexity index is 1040. The largest absolute Gasteiger partial charge is 0.474 e. The summed E-state index contributed by atoms with van der Waals surface area (Å²) in [6.07, 6.45) is 4.37. The zero-order chi connectivity index (χ0) is 20.1. The lowest BCUT2D eigenvalue weighted by atomic mass is 9.99. The number of aromatic nitrogens is 2. The van der Waals surface area contributed by atoms with E-state index in [0.717, 1.165) is 11.1 Å². The Kier molecular flexibility index (Phi) is 5.94. The van der Waals surface area contributed by atoms with Crippen LogP contribution in [0.15, 0.2) is 71.9 Å². The van der Waals surface area contributed by atoms with Crippen molar-refractivity contribution in [2.45, 2.75) is 30.9 Å². The van der Waals surface area contributed by atoms with Crippen LogP contribution in [-0.4, -0.2) is 30.7 Å². The van der Waals surface area contributed by atoms with Crippen molar-refractivity contribution in [3.05, 3.63) is 78.1 Å². The van der Waals surface area contributed by atoms with E-state index in [4.69, 9.17) is 4.74 Å². The highest BCUT2D eigenvalue weighted by molar-refractivity contribution is 7.90. The molecule has 3 aromatic rings. The van der Waals surface area contributed by atoms with E-state index in [0.29, 0.717) is 11.7 Å². The third kappa shape index (κ3) is 5.07. The van der Waals surface area contributed by atoms with Gasteiger partial charge in [-0.15, -0.1) is 0 Å². The minimum atomic E-state index is -3.31. The Morgan fingerprint density at radius 3 is 2.36 bits per heavy atom. The number of ether oxygens (including phenoxy) is 1. The molecule has 6 nitrogen and oxygen atoms in total. The van der Waals surface area contributed by atoms with E-state index in [1.807, 2.05) is 50.2 Å². The minimum Gasteiger partial charge on any atom is -0.474 e. The van der Waals surface area contributed by atoms with Gasteiger partial charge in [0.15, 0.2) is 9.84 Å². The second-order valence-corrected chi connectivity index (χ2v) is 8.76. The molecule has 7 heteroatoms. The van der Waals surface area contributed by atoms with Crippen molar-refractivity contribution in [1.29, 1.82) is 0 Å². The van der Waals surface area contributed by atoms with Gasteiger partial charge in [0.2, 0.25) is 5.88 Å². The molecule has 2 aromatic carbocycles.